The Kier molecular flexibility index (Phi) is 7.94. The molecule has 1 aromatic carbocycles. The third-order valence-electron chi connectivity index (χ3n) is 3.61. The van der Waals surface area contributed by atoms with Gasteiger partial charge in [-0.3, -0.25) is 4.79 Å². The summed E-state index contributed by atoms with van der Waals surface area (Å²) < 4.78 is 4.56. The van der Waals surface area contributed by atoms with Crippen LogP contribution >= 0.6 is 11.6 Å². The zero-order valence-corrected chi connectivity index (χ0v) is 14.9. The number of rotatable bonds is 4. The second-order valence-electron chi connectivity index (χ2n) is 5.54. The van der Waals surface area contributed by atoms with Gasteiger partial charge in [-0.25, -0.2) is 4.98 Å². The number of ether oxygens (including phenoxy) is 1. The molecule has 0 saturated heterocycles. The first-order valence-electron chi connectivity index (χ1n) is 7.53. The lowest BCUT2D eigenvalue weighted by atomic mass is 9.81. The number of benzene rings is 1. The minimum atomic E-state index is -0.758. The van der Waals surface area contributed by atoms with Crippen LogP contribution in [0.2, 0.25) is 5.15 Å². The summed E-state index contributed by atoms with van der Waals surface area (Å²) in [5, 5.41) is 9.61. The molecule has 1 unspecified atom stereocenters. The molecule has 0 aliphatic rings. The summed E-state index contributed by atoms with van der Waals surface area (Å²) in [6, 6.07) is 15.8. The van der Waals surface area contributed by atoms with Crippen LogP contribution in [-0.4, -0.2) is 18.1 Å². The lowest BCUT2D eigenvalue weighted by molar-refractivity contribution is -0.140. The second kappa shape index (κ2) is 9.69. The molecule has 2 rings (SSSR count). The fourth-order valence-corrected chi connectivity index (χ4v) is 2.07. The van der Waals surface area contributed by atoms with Gasteiger partial charge in [0.25, 0.3) is 0 Å². The SMILES string of the molecule is COC(=O)CCC(C)(C#N)c1ccc(Cl)nc1.Cc1ccccc1. The molecule has 0 fully saturated rings. The monoisotopic (exact) mass is 344 g/mol. The minimum Gasteiger partial charge on any atom is -0.469 e. The maximum absolute atomic E-state index is 11.1. The Morgan fingerprint density at radius 1 is 1.29 bits per heavy atom. The van der Waals surface area contributed by atoms with Crippen LogP contribution in [0.15, 0.2) is 48.7 Å². The molecule has 1 atom stereocenters. The van der Waals surface area contributed by atoms with Crippen molar-refractivity contribution in [3.8, 4) is 6.07 Å². The van der Waals surface area contributed by atoms with Crippen molar-refractivity contribution in [1.29, 1.82) is 5.26 Å². The fraction of sp³-hybridized carbons (Fsp3) is 0.316. The Morgan fingerprint density at radius 3 is 2.38 bits per heavy atom. The summed E-state index contributed by atoms with van der Waals surface area (Å²) in [5.74, 6) is -0.326. The molecule has 0 aliphatic heterocycles. The highest BCUT2D eigenvalue weighted by Crippen LogP contribution is 2.28. The predicted octanol–water partition coefficient (Wildman–Crippen LogP) is 4.46. The van der Waals surface area contributed by atoms with Crippen LogP contribution in [0, 0.1) is 18.3 Å². The molecule has 126 valence electrons. The number of hydrogen-bond acceptors (Lipinski definition) is 4. The zero-order valence-electron chi connectivity index (χ0n) is 14.1. The number of methoxy groups -OCH3 is 1. The quantitative estimate of drug-likeness (QED) is 0.606. The van der Waals surface area contributed by atoms with Gasteiger partial charge in [0.2, 0.25) is 0 Å². The van der Waals surface area contributed by atoms with E-state index >= 15 is 0 Å². The van der Waals surface area contributed by atoms with Crippen LogP contribution in [0.5, 0.6) is 0 Å². The molecule has 0 amide bonds. The maximum atomic E-state index is 11.1. The molecule has 0 spiro atoms. The van der Waals surface area contributed by atoms with Crippen LogP contribution in [-0.2, 0) is 14.9 Å². The predicted molar refractivity (Wildman–Crippen MR) is 94.6 cm³/mol. The zero-order chi connectivity index (χ0) is 18.0. The number of halogens is 1. The molecule has 2 aromatic rings. The average Bonchev–Trinajstić information content (AvgIpc) is 2.61. The van der Waals surface area contributed by atoms with Gasteiger partial charge in [-0.15, -0.1) is 0 Å². The number of nitriles is 1. The van der Waals surface area contributed by atoms with E-state index in [0.29, 0.717) is 11.6 Å². The number of esters is 1. The Bertz CT molecular complexity index is 681. The van der Waals surface area contributed by atoms with Crippen LogP contribution < -0.4 is 0 Å². The van der Waals surface area contributed by atoms with E-state index < -0.39 is 5.41 Å². The van der Waals surface area contributed by atoms with E-state index in [1.807, 2.05) is 18.2 Å². The van der Waals surface area contributed by atoms with Crippen molar-refractivity contribution in [3.05, 3.63) is 64.9 Å². The van der Waals surface area contributed by atoms with Gasteiger partial charge in [-0.05, 0) is 31.9 Å². The first-order valence-corrected chi connectivity index (χ1v) is 7.91. The Hall–Kier alpha value is -2.38. The Morgan fingerprint density at radius 2 is 1.96 bits per heavy atom. The van der Waals surface area contributed by atoms with Crippen LogP contribution in [0.4, 0.5) is 0 Å². The summed E-state index contributed by atoms with van der Waals surface area (Å²) in [4.78, 5) is 15.0. The number of aryl methyl sites for hydroxylation is 1. The van der Waals surface area contributed by atoms with E-state index in [2.05, 4.69) is 34.8 Å². The summed E-state index contributed by atoms with van der Waals surface area (Å²) in [5.41, 5.74) is 1.31. The smallest absolute Gasteiger partial charge is 0.305 e. The summed E-state index contributed by atoms with van der Waals surface area (Å²) in [6.07, 6.45) is 2.14. The van der Waals surface area contributed by atoms with Gasteiger partial charge in [-0.1, -0.05) is 53.6 Å². The number of hydrogen-bond donors (Lipinski definition) is 0. The van der Waals surface area contributed by atoms with Gasteiger partial charge in [0, 0.05) is 12.6 Å². The van der Waals surface area contributed by atoms with Crippen molar-refractivity contribution in [3.63, 3.8) is 0 Å². The third-order valence-corrected chi connectivity index (χ3v) is 3.83. The van der Waals surface area contributed by atoms with Crippen molar-refractivity contribution in [2.24, 2.45) is 0 Å². The molecule has 1 heterocycles. The highest BCUT2D eigenvalue weighted by Gasteiger charge is 2.27. The van der Waals surface area contributed by atoms with Gasteiger partial charge in [0.1, 0.15) is 5.15 Å². The van der Waals surface area contributed by atoms with Crippen molar-refractivity contribution in [2.45, 2.75) is 32.1 Å². The second-order valence-corrected chi connectivity index (χ2v) is 5.93. The molecule has 0 N–H and O–H groups in total. The highest BCUT2D eigenvalue weighted by atomic mass is 35.5. The third kappa shape index (κ3) is 6.39. The lowest BCUT2D eigenvalue weighted by Gasteiger charge is -2.20. The van der Waals surface area contributed by atoms with Crippen LogP contribution in [0.3, 0.4) is 0 Å². The van der Waals surface area contributed by atoms with E-state index in [1.54, 1.807) is 25.3 Å². The molecular weight excluding hydrogens is 324 g/mol. The number of nitrogens with zero attached hydrogens (tertiary/aromatic N) is 2. The van der Waals surface area contributed by atoms with E-state index in [-0.39, 0.29) is 12.4 Å². The molecule has 24 heavy (non-hydrogen) atoms. The van der Waals surface area contributed by atoms with Crippen molar-refractivity contribution < 1.29 is 9.53 Å². The van der Waals surface area contributed by atoms with Gasteiger partial charge in [0.05, 0.1) is 18.6 Å². The molecular formula is C19H21ClN2O2. The normalized spacial score (nSPS) is 12.1. The standard InChI is InChI=1S/C12H13ClN2O2.C7H8/c1-12(8-14,6-5-11(16)17-2)9-3-4-10(13)15-7-9;1-7-5-3-2-4-6-7/h3-4,7H,5-6H2,1-2H3;2-6H,1H3. The molecule has 0 aliphatic carbocycles. The van der Waals surface area contributed by atoms with E-state index in [0.717, 1.165) is 5.56 Å². The van der Waals surface area contributed by atoms with E-state index in [1.165, 1.54) is 12.7 Å². The van der Waals surface area contributed by atoms with Gasteiger partial charge < -0.3 is 4.74 Å². The Balaban J connectivity index is 0.000000341. The molecule has 1 aromatic heterocycles. The first kappa shape index (κ1) is 19.7. The summed E-state index contributed by atoms with van der Waals surface area (Å²) in [7, 11) is 1.33. The largest absolute Gasteiger partial charge is 0.469 e. The van der Waals surface area contributed by atoms with Gasteiger partial charge in [0.15, 0.2) is 0 Å². The van der Waals surface area contributed by atoms with Crippen LogP contribution in [0.25, 0.3) is 0 Å². The van der Waals surface area contributed by atoms with E-state index in [4.69, 9.17) is 11.6 Å². The fourth-order valence-electron chi connectivity index (χ4n) is 1.96. The van der Waals surface area contributed by atoms with Crippen molar-refractivity contribution in [1.82, 2.24) is 4.98 Å². The minimum absolute atomic E-state index is 0.198. The molecule has 0 bridgehead atoms. The van der Waals surface area contributed by atoms with Crippen LogP contribution in [0.1, 0.15) is 30.9 Å². The van der Waals surface area contributed by atoms with Crippen molar-refractivity contribution >= 4 is 17.6 Å². The van der Waals surface area contributed by atoms with Gasteiger partial charge >= 0.3 is 5.97 Å². The molecule has 0 radical (unpaired) electrons. The number of carbonyl (C=O) groups is 1. The summed E-state index contributed by atoms with van der Waals surface area (Å²) >= 11 is 5.69. The van der Waals surface area contributed by atoms with E-state index in [9.17, 15) is 10.1 Å². The highest BCUT2D eigenvalue weighted by molar-refractivity contribution is 6.29. The lowest BCUT2D eigenvalue weighted by Crippen LogP contribution is -2.21. The molecule has 0 saturated carbocycles. The number of aromatic nitrogens is 1. The molecule has 4 nitrogen and oxygen atoms in total. The topological polar surface area (TPSA) is 63.0 Å². The number of pyridine rings is 1. The average molecular weight is 345 g/mol. The first-order chi connectivity index (χ1) is 11.4. The maximum Gasteiger partial charge on any atom is 0.305 e. The number of carbonyl (C=O) groups excluding carboxylic acids is 1. The molecule has 5 heteroatoms. The van der Waals surface area contributed by atoms with Gasteiger partial charge in [-0.2, -0.15) is 5.26 Å². The summed E-state index contributed by atoms with van der Waals surface area (Å²) in [6.45, 7) is 3.85. The van der Waals surface area contributed by atoms with Crippen molar-refractivity contribution in [2.75, 3.05) is 7.11 Å². The Labute approximate surface area is 148 Å².